The van der Waals surface area contributed by atoms with Crippen molar-refractivity contribution in [3.05, 3.63) is 29.3 Å². The molecule has 4 nitrogen and oxygen atoms in total. The molecule has 4 heteroatoms. The number of fused-ring (bicyclic) bond motifs is 2. The van der Waals surface area contributed by atoms with E-state index in [0.717, 1.165) is 24.1 Å². The average Bonchev–Trinajstić information content (AvgIpc) is 2.78. The van der Waals surface area contributed by atoms with Gasteiger partial charge in [-0.3, -0.25) is 0 Å². The van der Waals surface area contributed by atoms with E-state index in [4.69, 9.17) is 5.73 Å². The summed E-state index contributed by atoms with van der Waals surface area (Å²) in [6.07, 6.45) is 5.21. The summed E-state index contributed by atoms with van der Waals surface area (Å²) in [7, 11) is 0. The maximum absolute atomic E-state index is 5.60. The summed E-state index contributed by atoms with van der Waals surface area (Å²) in [5, 5.41) is 4.52. The first-order valence-corrected chi connectivity index (χ1v) is 4.93. The molecule has 0 aliphatic heterocycles. The van der Waals surface area contributed by atoms with Crippen LogP contribution in [0.2, 0.25) is 0 Å². The Labute approximate surface area is 81.8 Å². The van der Waals surface area contributed by atoms with Crippen LogP contribution in [0, 0.1) is 0 Å². The van der Waals surface area contributed by atoms with E-state index >= 15 is 0 Å². The van der Waals surface area contributed by atoms with Crippen molar-refractivity contribution in [3.63, 3.8) is 0 Å². The summed E-state index contributed by atoms with van der Waals surface area (Å²) in [4.78, 5) is 4.23. The molecule has 0 atom stereocenters. The first kappa shape index (κ1) is 7.94. The molecule has 2 heterocycles. The molecule has 2 aromatic rings. The van der Waals surface area contributed by atoms with Crippen LogP contribution in [-0.2, 0) is 19.4 Å². The highest BCUT2D eigenvalue weighted by atomic mass is 15.2. The van der Waals surface area contributed by atoms with Crippen molar-refractivity contribution in [2.45, 2.75) is 25.8 Å². The molecule has 1 aliphatic rings. The standard InChI is InChI=1S/C10H12N4/c11-5-9-10-4-7-2-1-3-8(7)13-14(10)6-12-9/h4,6H,1-3,5,11H2. The van der Waals surface area contributed by atoms with Gasteiger partial charge >= 0.3 is 0 Å². The summed E-state index contributed by atoms with van der Waals surface area (Å²) >= 11 is 0. The minimum Gasteiger partial charge on any atom is -0.325 e. The van der Waals surface area contributed by atoms with Crippen molar-refractivity contribution in [1.82, 2.24) is 14.6 Å². The Kier molecular flexibility index (Phi) is 1.58. The molecule has 2 N–H and O–H groups in total. The molecular formula is C10H12N4. The summed E-state index contributed by atoms with van der Waals surface area (Å²) in [5.41, 5.74) is 10.2. The molecule has 1 aliphatic carbocycles. The van der Waals surface area contributed by atoms with Gasteiger partial charge in [-0.15, -0.1) is 0 Å². The zero-order valence-corrected chi connectivity index (χ0v) is 7.90. The Morgan fingerprint density at radius 3 is 3.21 bits per heavy atom. The Morgan fingerprint density at radius 2 is 2.36 bits per heavy atom. The third kappa shape index (κ3) is 0.974. The number of hydrogen-bond acceptors (Lipinski definition) is 3. The Morgan fingerprint density at radius 1 is 1.43 bits per heavy atom. The van der Waals surface area contributed by atoms with E-state index < -0.39 is 0 Å². The molecule has 0 aromatic carbocycles. The Hall–Kier alpha value is -1.42. The monoisotopic (exact) mass is 188 g/mol. The molecule has 72 valence electrons. The van der Waals surface area contributed by atoms with Crippen LogP contribution in [0.5, 0.6) is 0 Å². The van der Waals surface area contributed by atoms with Gasteiger partial charge in [0.25, 0.3) is 0 Å². The van der Waals surface area contributed by atoms with E-state index in [1.54, 1.807) is 6.33 Å². The molecule has 0 radical (unpaired) electrons. The van der Waals surface area contributed by atoms with Crippen LogP contribution in [0.15, 0.2) is 12.4 Å². The summed E-state index contributed by atoms with van der Waals surface area (Å²) in [6.45, 7) is 0.483. The zero-order valence-electron chi connectivity index (χ0n) is 7.90. The normalized spacial score (nSPS) is 14.9. The lowest BCUT2D eigenvalue weighted by molar-refractivity contribution is 0.844. The van der Waals surface area contributed by atoms with Gasteiger partial charge < -0.3 is 5.73 Å². The number of imidazole rings is 1. The molecule has 14 heavy (non-hydrogen) atoms. The highest BCUT2D eigenvalue weighted by molar-refractivity contribution is 5.54. The highest BCUT2D eigenvalue weighted by Gasteiger charge is 2.14. The number of nitrogens with zero attached hydrogens (tertiary/aromatic N) is 3. The van der Waals surface area contributed by atoms with E-state index in [2.05, 4.69) is 16.1 Å². The number of aromatic nitrogens is 3. The molecule has 0 spiro atoms. The van der Waals surface area contributed by atoms with E-state index in [-0.39, 0.29) is 0 Å². The average molecular weight is 188 g/mol. The maximum atomic E-state index is 5.60. The minimum atomic E-state index is 0.483. The smallest absolute Gasteiger partial charge is 0.118 e. The molecule has 2 aromatic heterocycles. The lowest BCUT2D eigenvalue weighted by atomic mass is 10.2. The lowest BCUT2D eigenvalue weighted by Gasteiger charge is -2.00. The van der Waals surface area contributed by atoms with E-state index in [1.807, 2.05) is 4.52 Å². The second-order valence-electron chi connectivity index (χ2n) is 3.70. The fourth-order valence-corrected chi connectivity index (χ4v) is 2.09. The predicted molar refractivity (Wildman–Crippen MR) is 52.9 cm³/mol. The molecule has 3 rings (SSSR count). The first-order chi connectivity index (χ1) is 6.88. The fourth-order valence-electron chi connectivity index (χ4n) is 2.09. The second kappa shape index (κ2) is 2.78. The molecule has 0 bridgehead atoms. The Balaban J connectivity index is 2.30. The number of aryl methyl sites for hydroxylation is 2. The minimum absolute atomic E-state index is 0.483. The van der Waals surface area contributed by atoms with Gasteiger partial charge in [-0.25, -0.2) is 9.50 Å². The van der Waals surface area contributed by atoms with Crippen molar-refractivity contribution in [3.8, 4) is 0 Å². The van der Waals surface area contributed by atoms with Crippen LogP contribution < -0.4 is 5.73 Å². The van der Waals surface area contributed by atoms with Crippen LogP contribution in [0.4, 0.5) is 0 Å². The maximum Gasteiger partial charge on any atom is 0.118 e. The number of rotatable bonds is 1. The number of hydrogen-bond donors (Lipinski definition) is 1. The molecular weight excluding hydrogens is 176 g/mol. The van der Waals surface area contributed by atoms with E-state index in [0.29, 0.717) is 6.54 Å². The lowest BCUT2D eigenvalue weighted by Crippen LogP contribution is -2.00. The van der Waals surface area contributed by atoms with Gasteiger partial charge in [0.2, 0.25) is 0 Å². The van der Waals surface area contributed by atoms with Crippen molar-refractivity contribution < 1.29 is 0 Å². The molecule has 0 saturated carbocycles. The van der Waals surface area contributed by atoms with Crippen molar-refractivity contribution >= 4 is 5.52 Å². The number of nitrogens with two attached hydrogens (primary N) is 1. The van der Waals surface area contributed by atoms with Crippen molar-refractivity contribution in [2.24, 2.45) is 5.73 Å². The fraction of sp³-hybridized carbons (Fsp3) is 0.400. The van der Waals surface area contributed by atoms with Gasteiger partial charge in [-0.2, -0.15) is 5.10 Å². The van der Waals surface area contributed by atoms with E-state index in [9.17, 15) is 0 Å². The van der Waals surface area contributed by atoms with Crippen molar-refractivity contribution in [1.29, 1.82) is 0 Å². The molecule has 0 saturated heterocycles. The van der Waals surface area contributed by atoms with Gasteiger partial charge in [-0.05, 0) is 30.9 Å². The predicted octanol–water partition coefficient (Wildman–Crippen LogP) is 0.677. The second-order valence-corrected chi connectivity index (χ2v) is 3.70. The summed E-state index contributed by atoms with van der Waals surface area (Å²) in [5.74, 6) is 0. The van der Waals surface area contributed by atoms with Crippen molar-refractivity contribution in [2.75, 3.05) is 0 Å². The van der Waals surface area contributed by atoms with Crippen LogP contribution >= 0.6 is 0 Å². The van der Waals surface area contributed by atoms with Gasteiger partial charge in [0.1, 0.15) is 6.33 Å². The SMILES string of the molecule is NCc1ncn2nc3c(cc12)CCC3. The highest BCUT2D eigenvalue weighted by Crippen LogP contribution is 2.21. The first-order valence-electron chi connectivity index (χ1n) is 4.93. The molecule has 0 fully saturated rings. The largest absolute Gasteiger partial charge is 0.325 e. The molecule has 0 amide bonds. The van der Waals surface area contributed by atoms with Gasteiger partial charge in [0.05, 0.1) is 16.9 Å². The quantitative estimate of drug-likeness (QED) is 0.715. The summed E-state index contributed by atoms with van der Waals surface area (Å²) in [6, 6.07) is 2.19. The van der Waals surface area contributed by atoms with E-state index in [1.165, 1.54) is 17.7 Å². The van der Waals surface area contributed by atoms with Gasteiger partial charge in [0.15, 0.2) is 0 Å². The van der Waals surface area contributed by atoms with Crippen LogP contribution in [0.3, 0.4) is 0 Å². The van der Waals surface area contributed by atoms with Crippen LogP contribution in [0.1, 0.15) is 23.4 Å². The third-order valence-electron chi connectivity index (χ3n) is 2.83. The Bertz CT molecular complexity index is 486. The van der Waals surface area contributed by atoms with Gasteiger partial charge in [0, 0.05) is 6.54 Å². The zero-order chi connectivity index (χ0) is 9.54. The summed E-state index contributed by atoms with van der Waals surface area (Å²) < 4.78 is 1.84. The van der Waals surface area contributed by atoms with Gasteiger partial charge in [-0.1, -0.05) is 0 Å². The van der Waals surface area contributed by atoms with Crippen LogP contribution in [0.25, 0.3) is 5.52 Å². The topological polar surface area (TPSA) is 56.2 Å². The van der Waals surface area contributed by atoms with Crippen LogP contribution in [-0.4, -0.2) is 14.6 Å². The third-order valence-corrected chi connectivity index (χ3v) is 2.83. The molecule has 0 unspecified atom stereocenters.